The molecular weight excluding hydrogens is 204 g/mol. The molecule has 1 aromatic heterocycles. The fourth-order valence-electron chi connectivity index (χ4n) is 2.17. The topological polar surface area (TPSA) is 73.6 Å². The zero-order valence-electron chi connectivity index (χ0n) is 8.66. The lowest BCUT2D eigenvalue weighted by Crippen LogP contribution is -2.07. The summed E-state index contributed by atoms with van der Waals surface area (Å²) in [6.45, 7) is 0.897. The molecule has 1 aliphatic heterocycles. The molecule has 0 fully saturated rings. The number of nitrogens with zero attached hydrogens (tertiary/aromatic N) is 1. The summed E-state index contributed by atoms with van der Waals surface area (Å²) in [5, 5.41) is 9.66. The van der Waals surface area contributed by atoms with Crippen LogP contribution in [0, 0.1) is 0 Å². The highest BCUT2D eigenvalue weighted by Gasteiger charge is 2.22. The van der Waals surface area contributed by atoms with Crippen LogP contribution in [0.4, 0.5) is 5.69 Å². The quantitative estimate of drug-likeness (QED) is 0.696. The second-order valence-corrected chi connectivity index (χ2v) is 3.99. The number of benzene rings is 1. The van der Waals surface area contributed by atoms with Gasteiger partial charge in [0.1, 0.15) is 5.82 Å². The molecule has 2 heterocycles. The Bertz CT molecular complexity index is 557. The maximum atomic E-state index is 10.9. The number of aromatic amines is 2. The summed E-state index contributed by atoms with van der Waals surface area (Å²) in [6, 6.07) is 8.24. The highest BCUT2D eigenvalue weighted by molar-refractivity contribution is 5.57. The molecule has 0 radical (unpaired) electrons. The third-order valence-corrected chi connectivity index (χ3v) is 2.93. The van der Waals surface area contributed by atoms with Crippen LogP contribution in [-0.2, 0) is 6.42 Å². The monoisotopic (exact) mass is 216 g/mol. The van der Waals surface area contributed by atoms with Crippen molar-refractivity contribution in [1.29, 1.82) is 0 Å². The summed E-state index contributed by atoms with van der Waals surface area (Å²) in [4.78, 5) is 13.6. The van der Waals surface area contributed by atoms with Crippen molar-refractivity contribution in [3.8, 4) is 0 Å². The summed E-state index contributed by atoms with van der Waals surface area (Å²) >= 11 is 0. The Morgan fingerprint density at radius 3 is 3.06 bits per heavy atom. The molecule has 1 aromatic carbocycles. The standard InChI is InChI=1S/C11H12N4O/c16-11-13-10(14-15-11)5-7-6-12-9-4-2-1-3-8(7)9/h1-4,7,12H,5-6H2,(H2,13,14,15,16). The first-order valence-corrected chi connectivity index (χ1v) is 5.29. The van der Waals surface area contributed by atoms with Crippen molar-refractivity contribution >= 4 is 5.69 Å². The van der Waals surface area contributed by atoms with Gasteiger partial charge in [0.25, 0.3) is 0 Å². The Hall–Kier alpha value is -2.04. The van der Waals surface area contributed by atoms with Crippen molar-refractivity contribution in [3.63, 3.8) is 0 Å². The molecule has 3 rings (SSSR count). The van der Waals surface area contributed by atoms with Crippen LogP contribution in [0.3, 0.4) is 0 Å². The molecule has 0 saturated carbocycles. The van der Waals surface area contributed by atoms with Gasteiger partial charge in [-0.2, -0.15) is 5.10 Å². The van der Waals surface area contributed by atoms with E-state index in [-0.39, 0.29) is 5.69 Å². The normalized spacial score (nSPS) is 18.1. The lowest BCUT2D eigenvalue weighted by Gasteiger charge is -2.06. The van der Waals surface area contributed by atoms with Crippen LogP contribution in [0.2, 0.25) is 0 Å². The van der Waals surface area contributed by atoms with E-state index in [9.17, 15) is 4.79 Å². The van der Waals surface area contributed by atoms with Gasteiger partial charge in [-0.15, -0.1) is 0 Å². The smallest absolute Gasteiger partial charge is 0.340 e. The number of para-hydroxylation sites is 1. The average molecular weight is 216 g/mol. The highest BCUT2D eigenvalue weighted by Crippen LogP contribution is 2.32. The Morgan fingerprint density at radius 2 is 2.25 bits per heavy atom. The Labute approximate surface area is 91.9 Å². The number of hydrogen-bond acceptors (Lipinski definition) is 3. The molecule has 1 unspecified atom stereocenters. The first kappa shape index (κ1) is 9.21. The van der Waals surface area contributed by atoms with Crippen molar-refractivity contribution in [2.75, 3.05) is 11.9 Å². The van der Waals surface area contributed by atoms with E-state index in [2.05, 4.69) is 32.6 Å². The molecule has 16 heavy (non-hydrogen) atoms. The van der Waals surface area contributed by atoms with E-state index >= 15 is 0 Å². The van der Waals surface area contributed by atoms with Crippen LogP contribution < -0.4 is 11.0 Å². The van der Waals surface area contributed by atoms with Gasteiger partial charge >= 0.3 is 5.69 Å². The van der Waals surface area contributed by atoms with Crippen LogP contribution in [0.15, 0.2) is 29.1 Å². The van der Waals surface area contributed by atoms with Crippen LogP contribution >= 0.6 is 0 Å². The van der Waals surface area contributed by atoms with Crippen LogP contribution in [0.25, 0.3) is 0 Å². The summed E-state index contributed by atoms with van der Waals surface area (Å²) in [5.74, 6) is 1.10. The number of fused-ring (bicyclic) bond motifs is 1. The zero-order valence-corrected chi connectivity index (χ0v) is 8.66. The number of rotatable bonds is 2. The number of hydrogen-bond donors (Lipinski definition) is 3. The second-order valence-electron chi connectivity index (χ2n) is 3.99. The van der Waals surface area contributed by atoms with E-state index in [1.807, 2.05) is 12.1 Å². The predicted octanol–water partition coefficient (Wildman–Crippen LogP) is 0.850. The molecule has 0 amide bonds. The second kappa shape index (κ2) is 3.52. The van der Waals surface area contributed by atoms with Gasteiger partial charge in [0, 0.05) is 24.6 Å². The van der Waals surface area contributed by atoms with Crippen molar-refractivity contribution < 1.29 is 0 Å². The largest absolute Gasteiger partial charge is 0.384 e. The molecule has 0 aliphatic carbocycles. The van der Waals surface area contributed by atoms with Crippen molar-refractivity contribution in [3.05, 3.63) is 46.1 Å². The maximum Gasteiger partial charge on any atom is 0.340 e. The average Bonchev–Trinajstić information content (AvgIpc) is 2.87. The van der Waals surface area contributed by atoms with Crippen LogP contribution in [0.5, 0.6) is 0 Å². The van der Waals surface area contributed by atoms with Gasteiger partial charge < -0.3 is 5.32 Å². The number of H-pyrrole nitrogens is 2. The summed E-state index contributed by atoms with van der Waals surface area (Å²) in [6.07, 6.45) is 0.753. The van der Waals surface area contributed by atoms with E-state index in [4.69, 9.17) is 0 Å². The van der Waals surface area contributed by atoms with Crippen molar-refractivity contribution in [2.24, 2.45) is 0 Å². The predicted molar refractivity (Wildman–Crippen MR) is 60.6 cm³/mol. The van der Waals surface area contributed by atoms with Crippen molar-refractivity contribution in [2.45, 2.75) is 12.3 Å². The Kier molecular flexibility index (Phi) is 2.02. The minimum Gasteiger partial charge on any atom is -0.384 e. The van der Waals surface area contributed by atoms with Gasteiger partial charge in [-0.05, 0) is 11.6 Å². The van der Waals surface area contributed by atoms with E-state index < -0.39 is 0 Å². The molecule has 82 valence electrons. The van der Waals surface area contributed by atoms with Gasteiger partial charge in [0.15, 0.2) is 0 Å². The van der Waals surface area contributed by atoms with Gasteiger partial charge in [-0.3, -0.25) is 4.98 Å². The van der Waals surface area contributed by atoms with E-state index in [0.29, 0.717) is 11.7 Å². The molecule has 0 bridgehead atoms. The fourth-order valence-corrected chi connectivity index (χ4v) is 2.17. The van der Waals surface area contributed by atoms with Crippen LogP contribution in [-0.4, -0.2) is 21.7 Å². The SMILES string of the molecule is O=c1[nH]nc(CC2CNc3ccccc32)[nH]1. The summed E-state index contributed by atoms with van der Waals surface area (Å²) < 4.78 is 0. The molecule has 1 aliphatic rings. The number of anilines is 1. The Morgan fingerprint density at radius 1 is 1.38 bits per heavy atom. The third kappa shape index (κ3) is 1.50. The first-order chi connectivity index (χ1) is 7.83. The fraction of sp³-hybridized carbons (Fsp3) is 0.273. The number of aromatic nitrogens is 3. The third-order valence-electron chi connectivity index (χ3n) is 2.93. The molecule has 0 saturated heterocycles. The molecule has 0 spiro atoms. The van der Waals surface area contributed by atoms with Crippen LogP contribution in [0.1, 0.15) is 17.3 Å². The highest BCUT2D eigenvalue weighted by atomic mass is 16.1. The zero-order chi connectivity index (χ0) is 11.0. The molecule has 1 atom stereocenters. The minimum absolute atomic E-state index is 0.241. The molecule has 3 N–H and O–H groups in total. The summed E-state index contributed by atoms with van der Waals surface area (Å²) in [7, 11) is 0. The summed E-state index contributed by atoms with van der Waals surface area (Å²) in [5.41, 5.74) is 2.24. The van der Waals surface area contributed by atoms with E-state index in [0.717, 1.165) is 13.0 Å². The molecule has 5 heteroatoms. The molecule has 2 aromatic rings. The maximum absolute atomic E-state index is 10.9. The van der Waals surface area contributed by atoms with E-state index in [1.165, 1.54) is 11.3 Å². The van der Waals surface area contributed by atoms with E-state index in [1.54, 1.807) is 0 Å². The van der Waals surface area contributed by atoms with Gasteiger partial charge in [-0.25, -0.2) is 9.89 Å². The lowest BCUT2D eigenvalue weighted by molar-refractivity contribution is 0.715. The van der Waals surface area contributed by atoms with Gasteiger partial charge in [0.2, 0.25) is 0 Å². The number of nitrogens with one attached hydrogen (secondary N) is 3. The minimum atomic E-state index is -0.241. The Balaban J connectivity index is 1.86. The molecular formula is C11H12N4O. The molecule has 5 nitrogen and oxygen atoms in total. The van der Waals surface area contributed by atoms with Crippen molar-refractivity contribution in [1.82, 2.24) is 15.2 Å². The van der Waals surface area contributed by atoms with Gasteiger partial charge in [0.05, 0.1) is 0 Å². The first-order valence-electron chi connectivity index (χ1n) is 5.29. The van der Waals surface area contributed by atoms with Gasteiger partial charge in [-0.1, -0.05) is 18.2 Å². The lowest BCUT2D eigenvalue weighted by atomic mass is 9.98.